The molecule has 1 amide bonds. The summed E-state index contributed by atoms with van der Waals surface area (Å²) in [7, 11) is 1.66. The molecule has 1 fully saturated rings. The molecule has 1 aliphatic rings. The summed E-state index contributed by atoms with van der Waals surface area (Å²) in [6.45, 7) is 4.23. The Kier molecular flexibility index (Phi) is 7.02. The van der Waals surface area contributed by atoms with Gasteiger partial charge >= 0.3 is 6.18 Å². The number of pyridine rings is 1. The fourth-order valence-electron chi connectivity index (χ4n) is 3.85. The molecule has 2 aromatic carbocycles. The highest BCUT2D eigenvalue weighted by Crippen LogP contribution is 2.29. The van der Waals surface area contributed by atoms with Crippen LogP contribution >= 0.6 is 0 Å². The van der Waals surface area contributed by atoms with Gasteiger partial charge in [-0.3, -0.25) is 9.69 Å². The number of hydrogen-bond donors (Lipinski definition) is 1. The number of piperazine rings is 1. The van der Waals surface area contributed by atoms with Crippen LogP contribution in [0.5, 0.6) is 5.75 Å². The third-order valence-corrected chi connectivity index (χ3v) is 5.69. The number of amides is 1. The molecule has 6 nitrogen and oxygen atoms in total. The Morgan fingerprint density at radius 2 is 1.79 bits per heavy atom. The first-order valence-corrected chi connectivity index (χ1v) is 10.9. The van der Waals surface area contributed by atoms with E-state index in [0.717, 1.165) is 56.4 Å². The fourth-order valence-corrected chi connectivity index (χ4v) is 3.85. The van der Waals surface area contributed by atoms with Crippen molar-refractivity contribution in [1.82, 2.24) is 9.88 Å². The smallest absolute Gasteiger partial charge is 0.416 e. The van der Waals surface area contributed by atoms with Gasteiger partial charge in [0.15, 0.2) is 0 Å². The molecular weight excluding hydrogens is 445 g/mol. The molecule has 9 heteroatoms. The Balaban J connectivity index is 1.31. The summed E-state index contributed by atoms with van der Waals surface area (Å²) < 4.78 is 44.0. The Morgan fingerprint density at radius 1 is 1.03 bits per heavy atom. The molecule has 0 atom stereocenters. The molecule has 2 heterocycles. The predicted octanol–water partition coefficient (Wildman–Crippen LogP) is 4.68. The van der Waals surface area contributed by atoms with Gasteiger partial charge < -0.3 is 15.0 Å². The molecule has 3 aromatic rings. The number of carbonyl (C=O) groups excluding carboxylic acids is 1. The van der Waals surface area contributed by atoms with E-state index < -0.39 is 17.6 Å². The minimum Gasteiger partial charge on any atom is -0.497 e. The van der Waals surface area contributed by atoms with E-state index in [-0.39, 0.29) is 5.56 Å². The third kappa shape index (κ3) is 5.85. The van der Waals surface area contributed by atoms with Crippen molar-refractivity contribution in [2.24, 2.45) is 0 Å². The molecule has 0 saturated carbocycles. The highest BCUT2D eigenvalue weighted by molar-refractivity contribution is 6.04. The average Bonchev–Trinajstić information content (AvgIpc) is 2.85. The van der Waals surface area contributed by atoms with Crippen molar-refractivity contribution in [2.45, 2.75) is 12.7 Å². The first-order valence-electron chi connectivity index (χ1n) is 10.9. The van der Waals surface area contributed by atoms with E-state index in [0.29, 0.717) is 5.69 Å². The Bertz CT molecular complexity index is 1130. The van der Waals surface area contributed by atoms with Crippen LogP contribution in [-0.4, -0.2) is 49.1 Å². The summed E-state index contributed by atoms with van der Waals surface area (Å²) in [6, 6.07) is 15.9. The van der Waals surface area contributed by atoms with E-state index in [1.807, 2.05) is 18.2 Å². The fraction of sp³-hybridized carbons (Fsp3) is 0.280. The maximum absolute atomic E-state index is 12.9. The molecule has 4 rings (SSSR count). The highest BCUT2D eigenvalue weighted by Gasteiger charge is 2.31. The molecular formula is C25H25F3N4O2. The van der Waals surface area contributed by atoms with Gasteiger partial charge in [0.25, 0.3) is 5.91 Å². The predicted molar refractivity (Wildman–Crippen MR) is 124 cm³/mol. The number of aromatic nitrogens is 1. The van der Waals surface area contributed by atoms with Crippen molar-refractivity contribution >= 4 is 17.4 Å². The Morgan fingerprint density at radius 3 is 2.47 bits per heavy atom. The number of hydrogen-bond acceptors (Lipinski definition) is 5. The van der Waals surface area contributed by atoms with Crippen LogP contribution < -0.4 is 15.0 Å². The van der Waals surface area contributed by atoms with Crippen molar-refractivity contribution < 1.29 is 22.7 Å². The quantitative estimate of drug-likeness (QED) is 0.567. The Hall–Kier alpha value is -3.59. The zero-order valence-electron chi connectivity index (χ0n) is 18.7. The lowest BCUT2D eigenvalue weighted by Crippen LogP contribution is -2.46. The summed E-state index contributed by atoms with van der Waals surface area (Å²) in [5, 5.41) is 2.60. The van der Waals surface area contributed by atoms with Crippen LogP contribution in [0.2, 0.25) is 0 Å². The number of alkyl halides is 3. The highest BCUT2D eigenvalue weighted by atomic mass is 19.4. The van der Waals surface area contributed by atoms with E-state index in [9.17, 15) is 18.0 Å². The molecule has 0 spiro atoms. The van der Waals surface area contributed by atoms with Gasteiger partial charge in [-0.05, 0) is 48.0 Å². The number of halogens is 3. The largest absolute Gasteiger partial charge is 0.497 e. The van der Waals surface area contributed by atoms with Crippen LogP contribution in [0, 0.1) is 0 Å². The lowest BCUT2D eigenvalue weighted by atomic mass is 10.1. The topological polar surface area (TPSA) is 57.7 Å². The van der Waals surface area contributed by atoms with Crippen LogP contribution in [0.4, 0.5) is 24.7 Å². The number of anilines is 2. The summed E-state index contributed by atoms with van der Waals surface area (Å²) in [5.74, 6) is 1.02. The van der Waals surface area contributed by atoms with Gasteiger partial charge in [0, 0.05) is 38.3 Å². The normalized spacial score (nSPS) is 14.6. The Labute approximate surface area is 196 Å². The van der Waals surface area contributed by atoms with Gasteiger partial charge in [-0.15, -0.1) is 0 Å². The first-order chi connectivity index (χ1) is 16.3. The molecule has 1 saturated heterocycles. The second-order valence-electron chi connectivity index (χ2n) is 8.05. The van der Waals surface area contributed by atoms with E-state index in [1.165, 1.54) is 23.9 Å². The molecule has 0 unspecified atom stereocenters. The molecule has 0 bridgehead atoms. The number of rotatable bonds is 6. The minimum atomic E-state index is -4.50. The standard InChI is InChI=1S/C25H25F3N4O2/c1-34-22-7-2-4-18(14-22)17-31-10-12-32(13-11-31)23-9-8-21(16-29-23)30-24(33)19-5-3-6-20(15-19)25(26,27)28/h2-9,14-16H,10-13,17H2,1H3,(H,30,33). The van der Waals surface area contributed by atoms with Gasteiger partial charge in [-0.1, -0.05) is 18.2 Å². The average molecular weight is 470 g/mol. The van der Waals surface area contributed by atoms with Crippen molar-refractivity contribution in [1.29, 1.82) is 0 Å². The summed E-state index contributed by atoms with van der Waals surface area (Å²) in [5.41, 5.74) is 0.694. The number of ether oxygens (including phenoxy) is 1. The van der Waals surface area contributed by atoms with Crippen molar-refractivity contribution in [3.63, 3.8) is 0 Å². The minimum absolute atomic E-state index is 0.0638. The molecule has 178 valence electrons. The molecule has 0 radical (unpaired) electrons. The molecule has 1 aromatic heterocycles. The van der Waals surface area contributed by atoms with Gasteiger partial charge in [-0.25, -0.2) is 4.98 Å². The van der Waals surface area contributed by atoms with Gasteiger partial charge in [0.1, 0.15) is 11.6 Å². The summed E-state index contributed by atoms with van der Waals surface area (Å²) >= 11 is 0. The van der Waals surface area contributed by atoms with Crippen LogP contribution in [0.15, 0.2) is 66.9 Å². The van der Waals surface area contributed by atoms with Crippen molar-refractivity contribution in [3.8, 4) is 5.75 Å². The molecule has 34 heavy (non-hydrogen) atoms. The SMILES string of the molecule is COc1cccc(CN2CCN(c3ccc(NC(=O)c4cccc(C(F)(F)F)c4)cn3)CC2)c1. The third-order valence-electron chi connectivity index (χ3n) is 5.69. The van der Waals surface area contributed by atoms with E-state index >= 15 is 0 Å². The number of methoxy groups -OCH3 is 1. The van der Waals surface area contributed by atoms with E-state index in [1.54, 1.807) is 19.2 Å². The lowest BCUT2D eigenvalue weighted by molar-refractivity contribution is -0.137. The molecule has 1 aliphatic heterocycles. The van der Waals surface area contributed by atoms with Gasteiger partial charge in [-0.2, -0.15) is 13.2 Å². The molecule has 0 aliphatic carbocycles. The van der Waals surface area contributed by atoms with Crippen LogP contribution in [-0.2, 0) is 12.7 Å². The molecule has 1 N–H and O–H groups in total. The zero-order valence-corrected chi connectivity index (χ0v) is 18.7. The van der Waals surface area contributed by atoms with Crippen LogP contribution in [0.25, 0.3) is 0 Å². The van der Waals surface area contributed by atoms with Gasteiger partial charge in [0.2, 0.25) is 0 Å². The van der Waals surface area contributed by atoms with E-state index in [4.69, 9.17) is 4.74 Å². The maximum atomic E-state index is 12.9. The van der Waals surface area contributed by atoms with Crippen molar-refractivity contribution in [2.75, 3.05) is 43.5 Å². The van der Waals surface area contributed by atoms with E-state index in [2.05, 4.69) is 26.2 Å². The maximum Gasteiger partial charge on any atom is 0.416 e. The lowest BCUT2D eigenvalue weighted by Gasteiger charge is -2.35. The first kappa shape index (κ1) is 23.6. The van der Waals surface area contributed by atoms with Crippen LogP contribution in [0.3, 0.4) is 0 Å². The van der Waals surface area contributed by atoms with Gasteiger partial charge in [0.05, 0.1) is 24.6 Å². The number of carbonyl (C=O) groups is 1. The number of nitrogens with zero attached hydrogens (tertiary/aromatic N) is 3. The van der Waals surface area contributed by atoms with Crippen LogP contribution in [0.1, 0.15) is 21.5 Å². The number of benzene rings is 2. The summed E-state index contributed by atoms with van der Waals surface area (Å²) in [6.07, 6.45) is -2.99. The van der Waals surface area contributed by atoms with Crippen molar-refractivity contribution in [3.05, 3.63) is 83.6 Å². The second kappa shape index (κ2) is 10.1. The monoisotopic (exact) mass is 470 g/mol. The number of nitrogens with one attached hydrogen (secondary N) is 1. The zero-order chi connectivity index (χ0) is 24.1. The second-order valence-corrected chi connectivity index (χ2v) is 8.05. The summed E-state index contributed by atoms with van der Waals surface area (Å²) in [4.78, 5) is 21.3.